The molecule has 4 nitrogen and oxygen atoms in total. The Balaban J connectivity index is 2.74. The largest absolute Gasteiger partial charge is 0.389 e. The van der Waals surface area contributed by atoms with Gasteiger partial charge in [-0.3, -0.25) is 0 Å². The van der Waals surface area contributed by atoms with Crippen LogP contribution in [0, 0.1) is 0 Å². The molecule has 0 aromatic heterocycles. The average Bonchev–Trinajstić information content (AvgIpc) is 2.35. The Hall–Kier alpha value is -0.0800. The molecule has 0 saturated carbocycles. The van der Waals surface area contributed by atoms with Crippen LogP contribution in [-0.4, -0.2) is 37.7 Å². The number of rotatable bonds is 7. The normalized spacial score (nSPS) is 15.2. The van der Waals surface area contributed by atoms with Crippen LogP contribution in [0.1, 0.15) is 13.3 Å². The van der Waals surface area contributed by atoms with E-state index >= 15 is 0 Å². The lowest BCUT2D eigenvalue weighted by molar-refractivity contribution is 0.0626. The number of sulfonamides is 1. The lowest BCUT2D eigenvalue weighted by atomic mass is 10.1. The zero-order valence-corrected chi connectivity index (χ0v) is 14.1. The van der Waals surface area contributed by atoms with Crippen LogP contribution in [0.4, 0.5) is 0 Å². The molecule has 108 valence electrons. The average molecular weight is 368 g/mol. The molecule has 0 radical (unpaired) electrons. The van der Waals surface area contributed by atoms with E-state index in [1.165, 1.54) is 6.07 Å². The molecule has 0 spiro atoms. The molecule has 0 fully saturated rings. The van der Waals surface area contributed by atoms with Gasteiger partial charge in [0.25, 0.3) is 0 Å². The molecule has 0 aliphatic heterocycles. The maximum absolute atomic E-state index is 12.1. The van der Waals surface area contributed by atoms with E-state index in [-0.39, 0.29) is 11.4 Å². The van der Waals surface area contributed by atoms with Crippen LogP contribution >= 0.6 is 27.7 Å². The summed E-state index contributed by atoms with van der Waals surface area (Å²) < 4.78 is 27.2. The second-order valence-corrected chi connectivity index (χ2v) is 8.07. The second kappa shape index (κ2) is 7.08. The summed E-state index contributed by atoms with van der Waals surface area (Å²) >= 11 is 4.83. The summed E-state index contributed by atoms with van der Waals surface area (Å²) in [5, 5.41) is 10.1. The van der Waals surface area contributed by atoms with Crippen molar-refractivity contribution in [1.29, 1.82) is 0 Å². The molecule has 2 N–H and O–H groups in total. The Morgan fingerprint density at radius 3 is 2.63 bits per heavy atom. The number of aliphatic hydroxyl groups is 1. The summed E-state index contributed by atoms with van der Waals surface area (Å²) in [7, 11) is -3.61. The van der Waals surface area contributed by atoms with Crippen molar-refractivity contribution in [3.8, 4) is 0 Å². The zero-order valence-electron chi connectivity index (χ0n) is 10.9. The van der Waals surface area contributed by atoms with Crippen LogP contribution in [0.25, 0.3) is 0 Å². The van der Waals surface area contributed by atoms with Crippen LogP contribution in [0.3, 0.4) is 0 Å². The number of halogens is 1. The van der Waals surface area contributed by atoms with E-state index < -0.39 is 15.6 Å². The van der Waals surface area contributed by atoms with E-state index in [2.05, 4.69) is 20.7 Å². The van der Waals surface area contributed by atoms with E-state index in [0.717, 1.165) is 5.75 Å². The van der Waals surface area contributed by atoms with Gasteiger partial charge >= 0.3 is 0 Å². The molecule has 0 amide bonds. The van der Waals surface area contributed by atoms with Gasteiger partial charge in [0.15, 0.2) is 0 Å². The van der Waals surface area contributed by atoms with Gasteiger partial charge in [0.05, 0.1) is 10.5 Å². The molecular formula is C12H18BrNO3S2. The quantitative estimate of drug-likeness (QED) is 0.775. The Kier molecular flexibility index (Phi) is 6.32. The third kappa shape index (κ3) is 5.43. The molecule has 19 heavy (non-hydrogen) atoms. The minimum absolute atomic E-state index is 0.00275. The fourth-order valence-electron chi connectivity index (χ4n) is 1.40. The van der Waals surface area contributed by atoms with Gasteiger partial charge in [-0.25, -0.2) is 13.1 Å². The minimum atomic E-state index is -3.61. The van der Waals surface area contributed by atoms with E-state index in [1.807, 2.05) is 6.26 Å². The van der Waals surface area contributed by atoms with Crippen LogP contribution in [0.2, 0.25) is 0 Å². The van der Waals surface area contributed by atoms with Gasteiger partial charge in [-0.2, -0.15) is 11.8 Å². The summed E-state index contributed by atoms with van der Waals surface area (Å²) in [6, 6.07) is 6.59. The molecule has 0 bridgehead atoms. The molecule has 1 rings (SSSR count). The zero-order chi connectivity index (χ0) is 14.5. The predicted molar refractivity (Wildman–Crippen MR) is 83.0 cm³/mol. The molecule has 7 heteroatoms. The highest BCUT2D eigenvalue weighted by Gasteiger charge is 2.24. The first-order valence-electron chi connectivity index (χ1n) is 5.74. The van der Waals surface area contributed by atoms with Crippen LogP contribution in [0.5, 0.6) is 0 Å². The summed E-state index contributed by atoms with van der Waals surface area (Å²) in [5.74, 6) is 0.782. The minimum Gasteiger partial charge on any atom is -0.389 e. The maximum atomic E-state index is 12.1. The fraction of sp³-hybridized carbons (Fsp3) is 0.500. The Morgan fingerprint density at radius 2 is 2.05 bits per heavy atom. The molecule has 1 aromatic carbocycles. The molecule has 0 heterocycles. The van der Waals surface area contributed by atoms with Crippen molar-refractivity contribution in [2.45, 2.75) is 23.8 Å². The monoisotopic (exact) mass is 367 g/mol. The molecular weight excluding hydrogens is 350 g/mol. The van der Waals surface area contributed by atoms with E-state index in [0.29, 0.717) is 10.9 Å². The first kappa shape index (κ1) is 17.0. The standard InChI is InChI=1S/C12H18BrNO3S2/c1-12(15,7-8-18-2)9-14-19(16,17)11-6-4-3-5-10(11)13/h3-6,14-15H,7-9H2,1-2H3/t12-/m0/s1. The first-order chi connectivity index (χ1) is 8.78. The van der Waals surface area contributed by atoms with Gasteiger partial charge in [-0.1, -0.05) is 12.1 Å². The number of thioether (sulfide) groups is 1. The number of benzene rings is 1. The van der Waals surface area contributed by atoms with E-state index in [4.69, 9.17) is 0 Å². The van der Waals surface area contributed by atoms with Crippen LogP contribution in [-0.2, 0) is 10.0 Å². The molecule has 0 aliphatic rings. The summed E-state index contributed by atoms with van der Waals surface area (Å²) in [5.41, 5.74) is -1.04. The third-order valence-corrected chi connectivity index (χ3v) is 5.64. The lowest BCUT2D eigenvalue weighted by Crippen LogP contribution is -2.41. The van der Waals surface area contributed by atoms with Crippen LogP contribution < -0.4 is 4.72 Å². The van der Waals surface area contributed by atoms with Gasteiger partial charge in [0.2, 0.25) is 10.0 Å². The van der Waals surface area contributed by atoms with Gasteiger partial charge < -0.3 is 5.11 Å². The maximum Gasteiger partial charge on any atom is 0.241 e. The Labute approximate surface area is 127 Å². The van der Waals surface area contributed by atoms with E-state index in [9.17, 15) is 13.5 Å². The third-order valence-electron chi connectivity index (χ3n) is 2.61. The Morgan fingerprint density at radius 1 is 1.42 bits per heavy atom. The number of hydrogen-bond donors (Lipinski definition) is 2. The van der Waals surface area contributed by atoms with Gasteiger partial charge in [-0.15, -0.1) is 0 Å². The molecule has 1 atom stereocenters. The highest BCUT2D eigenvalue weighted by Crippen LogP contribution is 2.21. The summed E-state index contributed by atoms with van der Waals surface area (Å²) in [6.45, 7) is 1.63. The number of hydrogen-bond acceptors (Lipinski definition) is 4. The fourth-order valence-corrected chi connectivity index (χ4v) is 4.21. The molecule has 0 saturated heterocycles. The van der Waals surface area contributed by atoms with Crippen molar-refractivity contribution in [1.82, 2.24) is 4.72 Å². The summed E-state index contributed by atoms with van der Waals surface area (Å²) in [4.78, 5) is 0.177. The summed E-state index contributed by atoms with van der Waals surface area (Å²) in [6.07, 6.45) is 2.48. The topological polar surface area (TPSA) is 66.4 Å². The number of nitrogens with one attached hydrogen (secondary N) is 1. The van der Waals surface area contributed by atoms with Crippen molar-refractivity contribution in [2.24, 2.45) is 0 Å². The van der Waals surface area contributed by atoms with Crippen molar-refractivity contribution < 1.29 is 13.5 Å². The second-order valence-electron chi connectivity index (χ2n) is 4.49. The predicted octanol–water partition coefficient (Wildman–Crippen LogP) is 2.23. The Bertz CT molecular complexity index is 517. The first-order valence-corrected chi connectivity index (χ1v) is 9.41. The SMILES string of the molecule is CSCC[C@](C)(O)CNS(=O)(=O)c1ccccc1Br. The van der Waals surface area contributed by atoms with Crippen molar-refractivity contribution in [3.63, 3.8) is 0 Å². The van der Waals surface area contributed by atoms with E-state index in [1.54, 1.807) is 36.9 Å². The lowest BCUT2D eigenvalue weighted by Gasteiger charge is -2.23. The van der Waals surface area contributed by atoms with Gasteiger partial charge in [0.1, 0.15) is 0 Å². The van der Waals surface area contributed by atoms with Crippen molar-refractivity contribution in [3.05, 3.63) is 28.7 Å². The highest BCUT2D eigenvalue weighted by molar-refractivity contribution is 9.10. The van der Waals surface area contributed by atoms with Gasteiger partial charge in [-0.05, 0) is 53.4 Å². The van der Waals surface area contributed by atoms with Crippen molar-refractivity contribution in [2.75, 3.05) is 18.6 Å². The highest BCUT2D eigenvalue weighted by atomic mass is 79.9. The van der Waals surface area contributed by atoms with Crippen molar-refractivity contribution >= 4 is 37.7 Å². The van der Waals surface area contributed by atoms with Gasteiger partial charge in [0, 0.05) is 11.0 Å². The molecule has 1 aromatic rings. The van der Waals surface area contributed by atoms with Crippen LogP contribution in [0.15, 0.2) is 33.6 Å². The molecule has 0 unspecified atom stereocenters. The molecule has 0 aliphatic carbocycles. The smallest absolute Gasteiger partial charge is 0.241 e.